The van der Waals surface area contributed by atoms with E-state index in [1.807, 2.05) is 39.8 Å². The third-order valence-corrected chi connectivity index (χ3v) is 7.86. The van der Waals surface area contributed by atoms with Gasteiger partial charge in [0.05, 0.1) is 32.3 Å². The van der Waals surface area contributed by atoms with Crippen LogP contribution in [0.4, 0.5) is 13.6 Å². The van der Waals surface area contributed by atoms with Gasteiger partial charge in [-0.1, -0.05) is 6.07 Å². The molecule has 0 saturated carbocycles. The summed E-state index contributed by atoms with van der Waals surface area (Å²) in [5.74, 6) is 0.786. The van der Waals surface area contributed by atoms with E-state index in [0.717, 1.165) is 22.1 Å². The van der Waals surface area contributed by atoms with Crippen LogP contribution in [0, 0.1) is 6.92 Å². The van der Waals surface area contributed by atoms with Crippen molar-refractivity contribution in [2.45, 2.75) is 52.3 Å². The smallest absolute Gasteiger partial charge is 0.419 e. The lowest BCUT2D eigenvalue weighted by Crippen LogP contribution is -2.49. The minimum atomic E-state index is -2.48. The molecule has 0 aliphatic carbocycles. The van der Waals surface area contributed by atoms with Crippen LogP contribution in [0.25, 0.3) is 10.9 Å². The largest absolute Gasteiger partial charge is 0.496 e. The van der Waals surface area contributed by atoms with E-state index in [-0.39, 0.29) is 31.1 Å². The fourth-order valence-electron chi connectivity index (χ4n) is 5.99. The maximum atomic E-state index is 13.5. The summed E-state index contributed by atoms with van der Waals surface area (Å²) in [6, 6.07) is 6.79. The highest BCUT2D eigenvalue weighted by Gasteiger charge is 2.36. The number of alkyl halides is 2. The Balaban J connectivity index is 1.58. The van der Waals surface area contributed by atoms with Gasteiger partial charge in [-0.05, 0) is 51.5 Å². The molecule has 3 heterocycles. The van der Waals surface area contributed by atoms with Crippen molar-refractivity contribution in [2.24, 2.45) is 0 Å². The number of fused-ring (bicyclic) bond motifs is 2. The average Bonchev–Trinajstić information content (AvgIpc) is 3.43. The molecule has 1 fully saturated rings. The molecule has 0 unspecified atom stereocenters. The number of aryl methyl sites for hydroxylation is 1. The van der Waals surface area contributed by atoms with Crippen molar-refractivity contribution in [3.63, 3.8) is 0 Å². The number of carbonyl (C=O) groups excluding carboxylic acids is 2. The van der Waals surface area contributed by atoms with Gasteiger partial charge in [-0.3, -0.25) is 14.4 Å². The first-order valence-electron chi connectivity index (χ1n) is 14.6. The molecule has 1 aromatic heterocycles. The molecule has 0 spiro atoms. The molecular formula is C32H39F2N3O7. The summed E-state index contributed by atoms with van der Waals surface area (Å²) in [7, 11) is 2.89. The van der Waals surface area contributed by atoms with Crippen molar-refractivity contribution >= 4 is 23.0 Å². The number of rotatable bonds is 7. The quantitative estimate of drug-likeness (QED) is 0.323. The van der Waals surface area contributed by atoms with Gasteiger partial charge in [0.2, 0.25) is 0 Å². The Morgan fingerprint density at radius 3 is 2.45 bits per heavy atom. The van der Waals surface area contributed by atoms with Crippen molar-refractivity contribution in [3.8, 4) is 17.2 Å². The molecule has 0 amide bonds. The number of hydrogen-bond donors (Lipinski definition) is 0. The Labute approximate surface area is 255 Å². The number of methoxy groups -OCH3 is 2. The molecule has 1 atom stereocenters. The van der Waals surface area contributed by atoms with Crippen molar-refractivity contribution in [3.05, 3.63) is 52.7 Å². The van der Waals surface area contributed by atoms with Crippen LogP contribution in [0.3, 0.4) is 0 Å². The van der Waals surface area contributed by atoms with E-state index in [0.29, 0.717) is 43.2 Å². The summed E-state index contributed by atoms with van der Waals surface area (Å²) < 4.78 is 56.9. The summed E-state index contributed by atoms with van der Waals surface area (Å²) in [5.41, 5.74) is 2.69. The minimum Gasteiger partial charge on any atom is -0.496 e. The fourth-order valence-corrected chi connectivity index (χ4v) is 5.99. The Bertz CT molecular complexity index is 1550. The second-order valence-electron chi connectivity index (χ2n) is 12.0. The molecule has 0 radical (unpaired) electrons. The number of piperazine rings is 1. The zero-order valence-electron chi connectivity index (χ0n) is 25.9. The van der Waals surface area contributed by atoms with Crippen LogP contribution >= 0.6 is 0 Å². The molecular weight excluding hydrogens is 576 g/mol. The number of nitrogens with zero attached hydrogens (tertiary/aromatic N) is 3. The molecule has 44 heavy (non-hydrogen) atoms. The van der Waals surface area contributed by atoms with Gasteiger partial charge in [-0.2, -0.15) is 0 Å². The minimum absolute atomic E-state index is 0.239. The first kappa shape index (κ1) is 31.5. The molecule has 2 aliphatic rings. The maximum Gasteiger partial charge on any atom is 0.419 e. The number of esters is 1. The summed E-state index contributed by atoms with van der Waals surface area (Å²) in [6.45, 7) is 9.13. The third-order valence-electron chi connectivity index (χ3n) is 7.86. The van der Waals surface area contributed by atoms with Gasteiger partial charge in [0.1, 0.15) is 30.1 Å². The van der Waals surface area contributed by atoms with Gasteiger partial charge in [0, 0.05) is 48.9 Å². The van der Waals surface area contributed by atoms with Crippen LogP contribution < -0.4 is 14.2 Å². The highest BCUT2D eigenvalue weighted by molar-refractivity contribution is 5.95. The lowest BCUT2D eigenvalue weighted by Gasteiger charge is -2.42. The molecule has 1 saturated heterocycles. The number of ether oxygens (including phenoxy) is 5. The highest BCUT2D eigenvalue weighted by atomic mass is 19.3. The van der Waals surface area contributed by atoms with Crippen molar-refractivity contribution in [1.82, 2.24) is 14.4 Å². The molecule has 0 bridgehead atoms. The zero-order valence-corrected chi connectivity index (χ0v) is 25.9. The van der Waals surface area contributed by atoms with Gasteiger partial charge in [0.15, 0.2) is 11.5 Å². The van der Waals surface area contributed by atoms with Crippen LogP contribution in [0.15, 0.2) is 30.5 Å². The molecule has 2 aromatic carbocycles. The Kier molecular flexibility index (Phi) is 9.03. The molecule has 12 heteroatoms. The molecule has 238 valence electrons. The number of benzene rings is 2. The van der Waals surface area contributed by atoms with Gasteiger partial charge < -0.3 is 23.7 Å². The van der Waals surface area contributed by atoms with E-state index in [1.54, 1.807) is 30.3 Å². The van der Waals surface area contributed by atoms with E-state index in [1.165, 1.54) is 11.7 Å². The molecule has 0 N–H and O–H groups in total. The Morgan fingerprint density at radius 2 is 1.80 bits per heavy atom. The first-order chi connectivity index (χ1) is 20.9. The second kappa shape index (κ2) is 12.6. The van der Waals surface area contributed by atoms with E-state index in [2.05, 4.69) is 4.90 Å². The van der Waals surface area contributed by atoms with Gasteiger partial charge in [-0.15, -0.1) is 0 Å². The molecule has 2 aliphatic heterocycles. The SMILES string of the molecule is COC(=O)c1ccc([C@@H]2CN(CC(F)F)CCN2Cc2c(OC)cc(C)c3c2ccn3C(=O)OC(C)(C)C)c2c1OCCO2. The van der Waals surface area contributed by atoms with Crippen LogP contribution in [-0.2, 0) is 16.0 Å². The normalized spacial score (nSPS) is 17.6. The number of hydrogen-bond acceptors (Lipinski definition) is 9. The van der Waals surface area contributed by atoms with Crippen LogP contribution in [-0.4, -0.2) is 92.1 Å². The number of aromatic nitrogens is 1. The summed E-state index contributed by atoms with van der Waals surface area (Å²) in [5, 5.41) is 0.823. The second-order valence-corrected chi connectivity index (χ2v) is 12.0. The average molecular weight is 616 g/mol. The third kappa shape index (κ3) is 6.32. The summed E-state index contributed by atoms with van der Waals surface area (Å²) >= 11 is 0. The van der Waals surface area contributed by atoms with E-state index >= 15 is 0 Å². The lowest BCUT2D eigenvalue weighted by atomic mass is 9.96. The zero-order chi connectivity index (χ0) is 31.8. The predicted octanol–water partition coefficient (Wildman–Crippen LogP) is 5.42. The topological polar surface area (TPSA) is 91.7 Å². The van der Waals surface area contributed by atoms with Crippen molar-refractivity contribution in [1.29, 1.82) is 0 Å². The molecule has 10 nitrogen and oxygen atoms in total. The highest BCUT2D eigenvalue weighted by Crippen LogP contribution is 2.44. The first-order valence-corrected chi connectivity index (χ1v) is 14.6. The molecule has 3 aromatic rings. The Morgan fingerprint density at radius 1 is 1.07 bits per heavy atom. The number of carbonyl (C=O) groups is 2. The van der Waals surface area contributed by atoms with E-state index in [9.17, 15) is 18.4 Å². The van der Waals surface area contributed by atoms with Crippen molar-refractivity contribution < 1.29 is 42.1 Å². The monoisotopic (exact) mass is 615 g/mol. The molecule has 5 rings (SSSR count). The van der Waals surface area contributed by atoms with Crippen LogP contribution in [0.5, 0.6) is 17.2 Å². The van der Waals surface area contributed by atoms with Crippen LogP contribution in [0.2, 0.25) is 0 Å². The van der Waals surface area contributed by atoms with Gasteiger partial charge >= 0.3 is 12.1 Å². The van der Waals surface area contributed by atoms with Gasteiger partial charge in [0.25, 0.3) is 6.43 Å². The summed E-state index contributed by atoms with van der Waals surface area (Å²) in [6.07, 6.45) is -1.28. The van der Waals surface area contributed by atoms with E-state index in [4.69, 9.17) is 23.7 Å². The fraction of sp³-hybridized carbons (Fsp3) is 0.500. The lowest BCUT2D eigenvalue weighted by molar-refractivity contribution is 0.0230. The van der Waals surface area contributed by atoms with Gasteiger partial charge in [-0.25, -0.2) is 18.4 Å². The number of halogens is 2. The standard InChI is InChI=1S/C32H39F2N3O7/c1-19-15-25(40-5)23(20-9-10-37(27(19)20)31(39)44-32(2,3)4)16-36-12-11-35(18-26(33)34)17-24(36)21-7-8-22(30(38)41-6)29-28(21)42-13-14-43-29/h7-10,15,24,26H,11-14,16-18H2,1-6H3/t24-/m0/s1. The van der Waals surface area contributed by atoms with E-state index < -0.39 is 30.1 Å². The van der Waals surface area contributed by atoms with Crippen molar-refractivity contribution in [2.75, 3.05) is 53.6 Å². The van der Waals surface area contributed by atoms with Crippen LogP contribution in [0.1, 0.15) is 53.9 Å². The Hall–Kier alpha value is -3.90. The summed E-state index contributed by atoms with van der Waals surface area (Å²) in [4.78, 5) is 29.5. The predicted molar refractivity (Wildman–Crippen MR) is 159 cm³/mol. The maximum absolute atomic E-state index is 13.5.